The molecule has 1 aromatic heterocycles. The molecule has 0 saturated heterocycles. The van der Waals surface area contributed by atoms with E-state index < -0.39 is 0 Å². The Labute approximate surface area is 171 Å². The van der Waals surface area contributed by atoms with Crippen molar-refractivity contribution in [2.75, 3.05) is 19.6 Å². The number of aromatic nitrogens is 2. The molecular weight excluding hydrogens is 444 g/mol. The number of halogens is 2. The molecule has 1 heterocycles. The lowest BCUT2D eigenvalue weighted by Crippen LogP contribution is -2.39. The molecule has 1 aliphatic carbocycles. The molecule has 1 aliphatic rings. The van der Waals surface area contributed by atoms with Crippen LogP contribution in [-0.4, -0.2) is 35.4 Å². The number of hydrogen-bond acceptors (Lipinski definition) is 2. The molecule has 2 aromatic rings. The van der Waals surface area contributed by atoms with Crippen molar-refractivity contribution >= 4 is 29.9 Å². The first-order valence-electron chi connectivity index (χ1n) is 8.89. The topological polar surface area (TPSA) is 54.2 Å². The molecule has 0 atom stereocenters. The van der Waals surface area contributed by atoms with Gasteiger partial charge in [0.1, 0.15) is 5.82 Å². The van der Waals surface area contributed by atoms with Gasteiger partial charge in [-0.15, -0.1) is 24.0 Å². The highest BCUT2D eigenvalue weighted by molar-refractivity contribution is 14.0. The van der Waals surface area contributed by atoms with Gasteiger partial charge in [-0.25, -0.2) is 4.39 Å². The zero-order chi connectivity index (χ0) is 17.7. The Balaban J connectivity index is 0.00000243. The summed E-state index contributed by atoms with van der Waals surface area (Å²) in [6.45, 7) is 7.09. The maximum absolute atomic E-state index is 13.5. The van der Waals surface area contributed by atoms with Crippen molar-refractivity contribution < 1.29 is 4.39 Å². The molecule has 0 unspecified atom stereocenters. The molecule has 1 fully saturated rings. The molecule has 7 heteroatoms. The van der Waals surface area contributed by atoms with Crippen LogP contribution in [-0.2, 0) is 12.0 Å². The zero-order valence-corrected chi connectivity index (χ0v) is 17.7. The van der Waals surface area contributed by atoms with Gasteiger partial charge in [0.15, 0.2) is 5.96 Å². The predicted octanol–water partition coefficient (Wildman–Crippen LogP) is 3.24. The molecule has 5 nitrogen and oxygen atoms in total. The van der Waals surface area contributed by atoms with E-state index in [1.807, 2.05) is 37.0 Å². The second-order valence-electron chi connectivity index (χ2n) is 6.69. The largest absolute Gasteiger partial charge is 0.357 e. The van der Waals surface area contributed by atoms with E-state index in [0.29, 0.717) is 6.54 Å². The van der Waals surface area contributed by atoms with E-state index in [2.05, 4.69) is 15.7 Å². The lowest BCUT2D eigenvalue weighted by atomic mass is 9.96. The van der Waals surface area contributed by atoms with Gasteiger partial charge in [-0.05, 0) is 49.9 Å². The standard InChI is InChI=1S/C19H26FN5.HI/c1-3-21-18(22-9-10-25-13-15(2)12-24-25)23-14-19(7-8-19)16-5-4-6-17(20)11-16;/h4-6,11-13H,3,7-10,14H2,1-2H3,(H2,21,22,23);1H. The molecule has 2 N–H and O–H groups in total. The van der Waals surface area contributed by atoms with Crippen LogP contribution in [0.4, 0.5) is 4.39 Å². The fourth-order valence-corrected chi connectivity index (χ4v) is 2.96. The minimum Gasteiger partial charge on any atom is -0.357 e. The fourth-order valence-electron chi connectivity index (χ4n) is 2.96. The van der Waals surface area contributed by atoms with Crippen molar-refractivity contribution in [1.82, 2.24) is 20.4 Å². The first-order valence-corrected chi connectivity index (χ1v) is 8.89. The van der Waals surface area contributed by atoms with Crippen LogP contribution in [0.3, 0.4) is 0 Å². The molecule has 0 spiro atoms. The predicted molar refractivity (Wildman–Crippen MR) is 114 cm³/mol. The van der Waals surface area contributed by atoms with Crippen molar-refractivity contribution in [1.29, 1.82) is 0 Å². The van der Waals surface area contributed by atoms with Gasteiger partial charge >= 0.3 is 0 Å². The normalized spacial score (nSPS) is 15.3. The van der Waals surface area contributed by atoms with E-state index >= 15 is 0 Å². The minimum atomic E-state index is -0.174. The third-order valence-electron chi connectivity index (χ3n) is 4.57. The molecular formula is C19H27FIN5. The lowest BCUT2D eigenvalue weighted by molar-refractivity contribution is 0.595. The fraction of sp³-hybridized carbons (Fsp3) is 0.474. The Hall–Kier alpha value is -1.64. The van der Waals surface area contributed by atoms with Gasteiger partial charge in [0.25, 0.3) is 0 Å². The summed E-state index contributed by atoms with van der Waals surface area (Å²) < 4.78 is 15.4. The minimum absolute atomic E-state index is 0. The van der Waals surface area contributed by atoms with Crippen molar-refractivity contribution in [3.05, 3.63) is 53.6 Å². The van der Waals surface area contributed by atoms with Crippen LogP contribution in [0.2, 0.25) is 0 Å². The third kappa shape index (κ3) is 5.43. The smallest absolute Gasteiger partial charge is 0.191 e. The summed E-state index contributed by atoms with van der Waals surface area (Å²) >= 11 is 0. The quantitative estimate of drug-likeness (QED) is 0.371. The van der Waals surface area contributed by atoms with Crippen LogP contribution < -0.4 is 10.6 Å². The summed E-state index contributed by atoms with van der Waals surface area (Å²) in [5.41, 5.74) is 2.22. The molecule has 26 heavy (non-hydrogen) atoms. The van der Waals surface area contributed by atoms with Gasteiger partial charge < -0.3 is 10.6 Å². The number of rotatable bonds is 7. The van der Waals surface area contributed by atoms with E-state index in [4.69, 9.17) is 4.99 Å². The Kier molecular flexibility index (Phi) is 7.43. The molecule has 3 rings (SSSR count). The highest BCUT2D eigenvalue weighted by Gasteiger charge is 2.44. The Morgan fingerprint density at radius 2 is 2.15 bits per heavy atom. The first kappa shape index (κ1) is 20.7. The molecule has 0 aliphatic heterocycles. The summed E-state index contributed by atoms with van der Waals surface area (Å²) in [5.74, 6) is 0.626. The van der Waals surface area contributed by atoms with Gasteiger partial charge in [0, 0.05) is 24.7 Å². The monoisotopic (exact) mass is 471 g/mol. The average molecular weight is 471 g/mol. The van der Waals surface area contributed by atoms with Crippen LogP contribution in [0.5, 0.6) is 0 Å². The highest BCUT2D eigenvalue weighted by atomic mass is 127. The molecule has 1 aromatic carbocycles. The van der Waals surface area contributed by atoms with E-state index in [1.54, 1.807) is 12.1 Å². The van der Waals surface area contributed by atoms with Crippen molar-refractivity contribution in [3.63, 3.8) is 0 Å². The Morgan fingerprint density at radius 3 is 2.77 bits per heavy atom. The van der Waals surface area contributed by atoms with Gasteiger partial charge in [-0.3, -0.25) is 9.67 Å². The average Bonchev–Trinajstić information content (AvgIpc) is 3.28. The van der Waals surface area contributed by atoms with Crippen LogP contribution >= 0.6 is 24.0 Å². The molecule has 0 radical (unpaired) electrons. The number of guanidine groups is 1. The van der Waals surface area contributed by atoms with Gasteiger partial charge in [0.05, 0.1) is 19.3 Å². The van der Waals surface area contributed by atoms with Crippen LogP contribution in [0.15, 0.2) is 41.7 Å². The highest BCUT2D eigenvalue weighted by Crippen LogP contribution is 2.48. The van der Waals surface area contributed by atoms with E-state index in [-0.39, 0.29) is 35.2 Å². The van der Waals surface area contributed by atoms with Crippen molar-refractivity contribution in [2.24, 2.45) is 4.99 Å². The third-order valence-corrected chi connectivity index (χ3v) is 4.57. The molecule has 1 saturated carbocycles. The van der Waals surface area contributed by atoms with E-state index in [1.165, 1.54) is 6.07 Å². The van der Waals surface area contributed by atoms with Gasteiger partial charge in [-0.1, -0.05) is 12.1 Å². The van der Waals surface area contributed by atoms with E-state index in [9.17, 15) is 4.39 Å². The molecule has 0 amide bonds. The maximum Gasteiger partial charge on any atom is 0.191 e. The number of aliphatic imine (C=N–C) groups is 1. The second-order valence-corrected chi connectivity index (χ2v) is 6.69. The number of hydrogen-bond donors (Lipinski definition) is 2. The number of nitrogens with zero attached hydrogens (tertiary/aromatic N) is 3. The van der Waals surface area contributed by atoms with Crippen LogP contribution in [0, 0.1) is 12.7 Å². The number of nitrogens with one attached hydrogen (secondary N) is 2. The SMILES string of the molecule is CCNC(=NCC1(c2cccc(F)c2)CC1)NCCn1cc(C)cn1.I. The summed E-state index contributed by atoms with van der Waals surface area (Å²) in [6, 6.07) is 6.92. The van der Waals surface area contributed by atoms with Crippen LogP contribution in [0.25, 0.3) is 0 Å². The van der Waals surface area contributed by atoms with E-state index in [0.717, 1.165) is 49.6 Å². The number of aryl methyl sites for hydroxylation is 1. The lowest BCUT2D eigenvalue weighted by Gasteiger charge is -2.16. The molecule has 0 bridgehead atoms. The summed E-state index contributed by atoms with van der Waals surface area (Å²) in [4.78, 5) is 4.73. The summed E-state index contributed by atoms with van der Waals surface area (Å²) in [5, 5.41) is 10.9. The van der Waals surface area contributed by atoms with Gasteiger partial charge in [-0.2, -0.15) is 5.10 Å². The van der Waals surface area contributed by atoms with Gasteiger partial charge in [0.2, 0.25) is 0 Å². The number of benzene rings is 1. The maximum atomic E-state index is 13.5. The summed E-state index contributed by atoms with van der Waals surface area (Å²) in [6.07, 6.45) is 6.00. The first-order chi connectivity index (χ1) is 12.1. The van der Waals surface area contributed by atoms with Crippen molar-refractivity contribution in [2.45, 2.75) is 38.6 Å². The zero-order valence-electron chi connectivity index (χ0n) is 15.3. The summed E-state index contributed by atoms with van der Waals surface area (Å²) in [7, 11) is 0. The van der Waals surface area contributed by atoms with Crippen molar-refractivity contribution in [3.8, 4) is 0 Å². The Morgan fingerprint density at radius 1 is 1.35 bits per heavy atom. The Bertz CT molecular complexity index is 739. The van der Waals surface area contributed by atoms with Crippen LogP contribution in [0.1, 0.15) is 30.9 Å². The molecule has 142 valence electrons. The second kappa shape index (κ2) is 9.34.